The predicted molar refractivity (Wildman–Crippen MR) is 135 cm³/mol. The predicted octanol–water partition coefficient (Wildman–Crippen LogP) is 4.62. The van der Waals surface area contributed by atoms with Crippen LogP contribution in [0.3, 0.4) is 0 Å². The number of aromatic nitrogens is 3. The van der Waals surface area contributed by atoms with Gasteiger partial charge in [-0.1, -0.05) is 39.0 Å². The van der Waals surface area contributed by atoms with Gasteiger partial charge >= 0.3 is 11.8 Å². The summed E-state index contributed by atoms with van der Waals surface area (Å²) in [5, 5.41) is 10.0. The van der Waals surface area contributed by atoms with Crippen molar-refractivity contribution in [1.29, 1.82) is 0 Å². The molecular formula is C26H35N5O3. The van der Waals surface area contributed by atoms with Gasteiger partial charge in [-0.3, -0.25) is 14.0 Å². The van der Waals surface area contributed by atoms with E-state index in [2.05, 4.69) is 25.7 Å². The van der Waals surface area contributed by atoms with Crippen molar-refractivity contribution in [2.75, 3.05) is 11.4 Å². The maximum absolute atomic E-state index is 13.0. The topological polar surface area (TPSA) is 83.6 Å². The van der Waals surface area contributed by atoms with Crippen molar-refractivity contribution in [2.45, 2.75) is 66.1 Å². The van der Waals surface area contributed by atoms with Crippen molar-refractivity contribution in [1.82, 2.24) is 19.0 Å². The van der Waals surface area contributed by atoms with E-state index in [1.54, 1.807) is 21.1 Å². The van der Waals surface area contributed by atoms with Gasteiger partial charge < -0.3 is 10.0 Å². The zero-order valence-corrected chi connectivity index (χ0v) is 21.2. The van der Waals surface area contributed by atoms with Crippen LogP contribution in [0.25, 0.3) is 11.2 Å². The molecule has 1 aliphatic heterocycles. The molecule has 1 N–H and O–H groups in total. The summed E-state index contributed by atoms with van der Waals surface area (Å²) < 4.78 is 3.38. The van der Waals surface area contributed by atoms with E-state index < -0.39 is 11.6 Å². The van der Waals surface area contributed by atoms with Crippen LogP contribution in [-0.2, 0) is 20.0 Å². The largest absolute Gasteiger partial charge is 0.465 e. The average molecular weight is 466 g/mol. The molecule has 1 aromatic carbocycles. The van der Waals surface area contributed by atoms with Crippen LogP contribution in [0.2, 0.25) is 0 Å². The first-order valence-electron chi connectivity index (χ1n) is 11.7. The lowest BCUT2D eigenvalue weighted by Gasteiger charge is -2.45. The average Bonchev–Trinajstić information content (AvgIpc) is 2.95. The number of carboxylic acid groups (broad SMARTS) is 1. The first-order valence-corrected chi connectivity index (χ1v) is 11.7. The maximum atomic E-state index is 13.0. The van der Waals surface area contributed by atoms with Crippen molar-refractivity contribution in [2.24, 2.45) is 12.5 Å². The number of anilines is 2. The van der Waals surface area contributed by atoms with Gasteiger partial charge in [0.2, 0.25) is 0 Å². The van der Waals surface area contributed by atoms with Crippen LogP contribution in [0.5, 0.6) is 0 Å². The molecule has 4 rings (SSSR count). The molecule has 0 spiro atoms. The van der Waals surface area contributed by atoms with Gasteiger partial charge in [-0.2, -0.15) is 0 Å². The molecule has 3 heterocycles. The van der Waals surface area contributed by atoms with Gasteiger partial charge in [0.25, 0.3) is 0 Å². The highest BCUT2D eigenvalue weighted by molar-refractivity contribution is 5.77. The van der Waals surface area contributed by atoms with Crippen molar-refractivity contribution in [3.05, 3.63) is 52.4 Å². The second-order valence-corrected chi connectivity index (χ2v) is 11.4. The molecular weight excluding hydrogens is 430 g/mol. The first kappa shape index (κ1) is 23.9. The van der Waals surface area contributed by atoms with E-state index in [0.29, 0.717) is 31.0 Å². The summed E-state index contributed by atoms with van der Waals surface area (Å²) in [6.07, 6.45) is -0.291. The van der Waals surface area contributed by atoms with E-state index in [1.165, 1.54) is 0 Å². The Hall–Kier alpha value is -3.29. The van der Waals surface area contributed by atoms with Gasteiger partial charge in [-0.25, -0.2) is 14.6 Å². The summed E-state index contributed by atoms with van der Waals surface area (Å²) in [4.78, 5) is 33.7. The zero-order chi connectivity index (χ0) is 25.0. The van der Waals surface area contributed by atoms with Crippen molar-refractivity contribution >= 4 is 28.8 Å². The van der Waals surface area contributed by atoms with Crippen LogP contribution in [-0.4, -0.2) is 48.3 Å². The quantitative estimate of drug-likeness (QED) is 0.610. The van der Waals surface area contributed by atoms with Crippen LogP contribution in [0, 0.1) is 5.41 Å². The highest BCUT2D eigenvalue weighted by atomic mass is 16.4. The number of rotatable bonds is 3. The minimum atomic E-state index is -0.929. The number of imidazole rings is 1. The van der Waals surface area contributed by atoms with Gasteiger partial charge in [0.15, 0.2) is 5.65 Å². The number of hydrogen-bond acceptors (Lipinski definition) is 4. The lowest BCUT2D eigenvalue weighted by atomic mass is 9.93. The summed E-state index contributed by atoms with van der Waals surface area (Å²) >= 11 is 0. The molecule has 1 aliphatic rings. The molecule has 8 nitrogen and oxygen atoms in total. The van der Waals surface area contributed by atoms with Crippen molar-refractivity contribution in [3.63, 3.8) is 0 Å². The molecule has 34 heavy (non-hydrogen) atoms. The van der Waals surface area contributed by atoms with Crippen molar-refractivity contribution < 1.29 is 9.90 Å². The van der Waals surface area contributed by atoms with Crippen LogP contribution in [0.1, 0.15) is 47.1 Å². The van der Waals surface area contributed by atoms with Crippen LogP contribution in [0.15, 0.2) is 41.2 Å². The number of nitrogens with zero attached hydrogens (tertiary/aromatic N) is 5. The fourth-order valence-electron chi connectivity index (χ4n) is 5.00. The number of benzene rings is 1. The summed E-state index contributed by atoms with van der Waals surface area (Å²) in [6, 6.07) is 11.7. The fourth-order valence-corrected chi connectivity index (χ4v) is 5.00. The number of amides is 1. The molecule has 3 aromatic rings. The first-order chi connectivity index (χ1) is 15.8. The van der Waals surface area contributed by atoms with Crippen LogP contribution < -0.4 is 10.6 Å². The van der Waals surface area contributed by atoms with Gasteiger partial charge in [-0.15, -0.1) is 0 Å². The minimum absolute atomic E-state index is 0.0525. The molecule has 0 aliphatic carbocycles. The van der Waals surface area contributed by atoms with Gasteiger partial charge in [-0.05, 0) is 56.4 Å². The number of para-hydroxylation sites is 1. The van der Waals surface area contributed by atoms with E-state index >= 15 is 0 Å². The lowest BCUT2D eigenvalue weighted by Crippen LogP contribution is -2.56. The molecule has 0 fully saturated rings. The number of fused-ring (bicyclic) bond motifs is 2. The Morgan fingerprint density at radius 2 is 1.79 bits per heavy atom. The Morgan fingerprint density at radius 3 is 2.41 bits per heavy atom. The van der Waals surface area contributed by atoms with Crippen LogP contribution >= 0.6 is 0 Å². The van der Waals surface area contributed by atoms with Gasteiger partial charge in [0.05, 0.1) is 11.6 Å². The lowest BCUT2D eigenvalue weighted by molar-refractivity contribution is 0.0713. The Morgan fingerprint density at radius 1 is 1.12 bits per heavy atom. The SMILES string of the molecule is Cn1c(=O)n(CC(C)(C)C)c2ccc(N3C[C@@H](N(C(=O)O)C(C)(C)C)Cc4ccccc43)nc21. The number of hydrogen-bond donors (Lipinski definition) is 1. The summed E-state index contributed by atoms with van der Waals surface area (Å²) in [5.41, 5.74) is 2.84. The smallest absolute Gasteiger partial charge is 0.408 e. The molecule has 0 radical (unpaired) electrons. The maximum Gasteiger partial charge on any atom is 0.408 e. The van der Waals surface area contributed by atoms with E-state index in [1.807, 2.05) is 57.2 Å². The zero-order valence-electron chi connectivity index (χ0n) is 21.2. The minimum Gasteiger partial charge on any atom is -0.465 e. The summed E-state index contributed by atoms with van der Waals surface area (Å²) in [5.74, 6) is 0.701. The van der Waals surface area contributed by atoms with Crippen molar-refractivity contribution in [3.8, 4) is 0 Å². The normalized spacial score (nSPS) is 16.6. The Bertz CT molecular complexity index is 1290. The van der Waals surface area contributed by atoms with E-state index in [9.17, 15) is 14.7 Å². The molecule has 0 bridgehead atoms. The Balaban J connectivity index is 1.82. The van der Waals surface area contributed by atoms with E-state index in [4.69, 9.17) is 4.98 Å². The van der Waals surface area contributed by atoms with Crippen LogP contribution in [0.4, 0.5) is 16.3 Å². The van der Waals surface area contributed by atoms with E-state index in [-0.39, 0.29) is 17.1 Å². The van der Waals surface area contributed by atoms with E-state index in [0.717, 1.165) is 16.8 Å². The molecule has 1 amide bonds. The summed E-state index contributed by atoms with van der Waals surface area (Å²) in [6.45, 7) is 13.2. The third-order valence-electron chi connectivity index (χ3n) is 6.30. The highest BCUT2D eigenvalue weighted by Gasteiger charge is 2.38. The molecule has 2 aromatic heterocycles. The number of pyridine rings is 1. The van der Waals surface area contributed by atoms with Gasteiger partial charge in [0.1, 0.15) is 5.82 Å². The van der Waals surface area contributed by atoms with Gasteiger partial charge in [0, 0.05) is 31.4 Å². The molecule has 0 saturated heterocycles. The fraction of sp³-hybridized carbons (Fsp3) is 0.500. The number of aryl methyl sites for hydroxylation is 1. The molecule has 0 unspecified atom stereocenters. The molecule has 0 saturated carbocycles. The third-order valence-corrected chi connectivity index (χ3v) is 6.30. The highest BCUT2D eigenvalue weighted by Crippen LogP contribution is 2.36. The third kappa shape index (κ3) is 4.29. The summed E-state index contributed by atoms with van der Waals surface area (Å²) in [7, 11) is 1.75. The second-order valence-electron chi connectivity index (χ2n) is 11.4. The molecule has 8 heteroatoms. The second kappa shape index (κ2) is 8.18. The number of carbonyl (C=O) groups is 1. The molecule has 1 atom stereocenters. The standard InChI is InChI=1S/C26H35N5O3/c1-25(2,3)16-30-20-12-13-21(27-22(20)28(7)23(30)32)29-15-18(31(24(33)34)26(4,5)6)14-17-10-8-9-11-19(17)29/h8-13,18H,14-16H2,1-7H3,(H,33,34)/t18-/m0/s1. The molecule has 182 valence electrons. The monoisotopic (exact) mass is 465 g/mol. The Kier molecular flexibility index (Phi) is 5.74. The Labute approximate surface area is 200 Å².